The van der Waals surface area contributed by atoms with E-state index in [1.54, 1.807) is 10.9 Å². The van der Waals surface area contributed by atoms with E-state index >= 15 is 0 Å². The van der Waals surface area contributed by atoms with Crippen molar-refractivity contribution in [3.05, 3.63) is 52.6 Å². The van der Waals surface area contributed by atoms with Gasteiger partial charge in [-0.2, -0.15) is 0 Å². The van der Waals surface area contributed by atoms with E-state index in [1.807, 2.05) is 31.3 Å². The number of halogens is 1. The minimum absolute atomic E-state index is 0.636. The van der Waals surface area contributed by atoms with Crippen LogP contribution in [0.25, 0.3) is 0 Å². The second kappa shape index (κ2) is 5.15. The van der Waals surface area contributed by atoms with Crippen LogP contribution >= 0.6 is 11.6 Å². The second-order valence-electron chi connectivity index (χ2n) is 3.90. The van der Waals surface area contributed by atoms with Gasteiger partial charge in [0, 0.05) is 12.1 Å². The van der Waals surface area contributed by atoms with E-state index < -0.39 is 0 Å². The molecule has 0 unspecified atom stereocenters. The Balaban J connectivity index is 2.13. The van der Waals surface area contributed by atoms with Crippen molar-refractivity contribution in [1.82, 2.24) is 9.55 Å². The molecule has 0 spiro atoms. The molecule has 4 heteroatoms. The lowest BCUT2D eigenvalue weighted by Gasteiger charge is -2.03. The third-order valence-corrected chi connectivity index (χ3v) is 3.13. The van der Waals surface area contributed by atoms with Crippen LogP contribution < -0.4 is 0 Å². The van der Waals surface area contributed by atoms with Crippen molar-refractivity contribution in [2.24, 2.45) is 7.05 Å². The van der Waals surface area contributed by atoms with Gasteiger partial charge < -0.3 is 4.57 Å². The summed E-state index contributed by atoms with van der Waals surface area (Å²) in [4.78, 5) is 15.1. The first-order chi connectivity index (χ1) is 8.22. The maximum Gasteiger partial charge on any atom is 0.168 e. The molecule has 0 atom stereocenters. The molecule has 1 aromatic carbocycles. The maximum absolute atomic E-state index is 10.9. The number of aryl methyl sites for hydroxylation is 3. The van der Waals surface area contributed by atoms with Gasteiger partial charge in [-0.1, -0.05) is 29.8 Å². The van der Waals surface area contributed by atoms with E-state index in [0.29, 0.717) is 5.69 Å². The van der Waals surface area contributed by atoms with E-state index in [0.717, 1.165) is 35.4 Å². The van der Waals surface area contributed by atoms with Gasteiger partial charge in [0.05, 0.1) is 12.0 Å². The molecule has 0 aliphatic heterocycles. The number of carbonyl (C=O) groups excluding carboxylic acids is 1. The van der Waals surface area contributed by atoms with E-state index in [2.05, 4.69) is 4.98 Å². The highest BCUT2D eigenvalue weighted by atomic mass is 35.5. The van der Waals surface area contributed by atoms with Crippen molar-refractivity contribution in [2.75, 3.05) is 0 Å². The van der Waals surface area contributed by atoms with Gasteiger partial charge >= 0.3 is 0 Å². The molecule has 0 radical (unpaired) electrons. The fourth-order valence-corrected chi connectivity index (χ4v) is 2.02. The summed E-state index contributed by atoms with van der Waals surface area (Å²) in [6.07, 6.45) is 4.01. The molecule has 0 amide bonds. The third kappa shape index (κ3) is 2.56. The van der Waals surface area contributed by atoms with E-state index in [9.17, 15) is 4.79 Å². The topological polar surface area (TPSA) is 34.9 Å². The van der Waals surface area contributed by atoms with Gasteiger partial charge in [0.1, 0.15) is 5.69 Å². The Labute approximate surface area is 105 Å². The summed E-state index contributed by atoms with van der Waals surface area (Å²) in [6.45, 7) is 0. The van der Waals surface area contributed by atoms with Crippen LogP contribution in [0, 0.1) is 0 Å². The lowest BCUT2D eigenvalue weighted by atomic mass is 10.1. The Hall–Kier alpha value is -1.61. The average molecular weight is 249 g/mol. The Morgan fingerprint density at radius 1 is 1.35 bits per heavy atom. The predicted molar refractivity (Wildman–Crippen MR) is 67.5 cm³/mol. The van der Waals surface area contributed by atoms with Gasteiger partial charge in [-0.15, -0.1) is 0 Å². The Kier molecular flexibility index (Phi) is 3.59. The van der Waals surface area contributed by atoms with Gasteiger partial charge in [0.25, 0.3) is 0 Å². The number of aldehydes is 1. The standard InChI is InChI=1S/C13H13ClN2O/c1-16-9-15-12(13(16)8-17)7-6-10-4-2-3-5-11(10)14/h2-5,8-9H,6-7H2,1H3. The van der Waals surface area contributed by atoms with Crippen molar-refractivity contribution in [3.63, 3.8) is 0 Å². The summed E-state index contributed by atoms with van der Waals surface area (Å²) >= 11 is 6.07. The molecule has 0 N–H and O–H groups in total. The highest BCUT2D eigenvalue weighted by Crippen LogP contribution is 2.17. The molecule has 1 aromatic heterocycles. The van der Waals surface area contributed by atoms with Gasteiger partial charge in [-0.25, -0.2) is 4.98 Å². The van der Waals surface area contributed by atoms with E-state index in [-0.39, 0.29) is 0 Å². The number of aromatic nitrogens is 2. The molecule has 2 aromatic rings. The van der Waals surface area contributed by atoms with Crippen molar-refractivity contribution in [2.45, 2.75) is 12.8 Å². The molecule has 0 saturated heterocycles. The maximum atomic E-state index is 10.9. The second-order valence-corrected chi connectivity index (χ2v) is 4.30. The van der Waals surface area contributed by atoms with Crippen molar-refractivity contribution in [3.8, 4) is 0 Å². The zero-order valence-electron chi connectivity index (χ0n) is 9.56. The largest absolute Gasteiger partial charge is 0.331 e. The number of benzene rings is 1. The molecule has 3 nitrogen and oxygen atoms in total. The fraction of sp³-hybridized carbons (Fsp3) is 0.231. The third-order valence-electron chi connectivity index (χ3n) is 2.76. The number of hydrogen-bond donors (Lipinski definition) is 0. The van der Waals surface area contributed by atoms with Gasteiger partial charge in [-0.05, 0) is 24.5 Å². The molecular formula is C13H13ClN2O. The quantitative estimate of drug-likeness (QED) is 0.780. The van der Waals surface area contributed by atoms with Crippen LogP contribution in [0.15, 0.2) is 30.6 Å². The van der Waals surface area contributed by atoms with E-state index in [4.69, 9.17) is 11.6 Å². The Bertz CT molecular complexity index is 534. The smallest absolute Gasteiger partial charge is 0.168 e. The summed E-state index contributed by atoms with van der Waals surface area (Å²) in [5.74, 6) is 0. The van der Waals surface area contributed by atoms with Gasteiger partial charge in [-0.3, -0.25) is 4.79 Å². The van der Waals surface area contributed by atoms with Crippen molar-refractivity contribution >= 4 is 17.9 Å². The van der Waals surface area contributed by atoms with Crippen LogP contribution in [0.5, 0.6) is 0 Å². The molecule has 0 bridgehead atoms. The zero-order chi connectivity index (χ0) is 12.3. The lowest BCUT2D eigenvalue weighted by Crippen LogP contribution is -1.99. The average Bonchev–Trinajstić information content (AvgIpc) is 2.69. The summed E-state index contributed by atoms with van der Waals surface area (Å²) in [5.41, 5.74) is 2.54. The fourth-order valence-electron chi connectivity index (χ4n) is 1.79. The van der Waals surface area contributed by atoms with Crippen molar-refractivity contribution < 1.29 is 4.79 Å². The minimum Gasteiger partial charge on any atom is -0.331 e. The Morgan fingerprint density at radius 3 is 2.82 bits per heavy atom. The monoisotopic (exact) mass is 248 g/mol. The first-order valence-corrected chi connectivity index (χ1v) is 5.79. The summed E-state index contributed by atoms with van der Waals surface area (Å²) in [7, 11) is 1.82. The molecule has 17 heavy (non-hydrogen) atoms. The zero-order valence-corrected chi connectivity index (χ0v) is 10.3. The molecular weight excluding hydrogens is 236 g/mol. The van der Waals surface area contributed by atoms with Crippen molar-refractivity contribution in [1.29, 1.82) is 0 Å². The van der Waals surface area contributed by atoms with Crippen LogP contribution in [0.4, 0.5) is 0 Å². The lowest BCUT2D eigenvalue weighted by molar-refractivity contribution is 0.111. The summed E-state index contributed by atoms with van der Waals surface area (Å²) < 4.78 is 1.73. The molecule has 1 heterocycles. The number of imidazole rings is 1. The Morgan fingerprint density at radius 2 is 2.12 bits per heavy atom. The molecule has 2 rings (SSSR count). The number of carbonyl (C=O) groups is 1. The van der Waals surface area contributed by atoms with E-state index in [1.165, 1.54) is 0 Å². The first kappa shape index (κ1) is 11.9. The summed E-state index contributed by atoms with van der Waals surface area (Å²) in [5, 5.41) is 0.760. The molecule has 0 saturated carbocycles. The number of nitrogens with zero attached hydrogens (tertiary/aromatic N) is 2. The van der Waals surface area contributed by atoms with Crippen LogP contribution in [-0.4, -0.2) is 15.8 Å². The number of rotatable bonds is 4. The number of hydrogen-bond acceptors (Lipinski definition) is 2. The molecule has 0 aliphatic rings. The first-order valence-electron chi connectivity index (χ1n) is 5.41. The van der Waals surface area contributed by atoms with Gasteiger partial charge in [0.2, 0.25) is 0 Å². The van der Waals surface area contributed by atoms with Crippen LogP contribution in [0.2, 0.25) is 5.02 Å². The highest BCUT2D eigenvalue weighted by molar-refractivity contribution is 6.31. The molecule has 0 fully saturated rings. The predicted octanol–water partition coefficient (Wildman–Crippen LogP) is 2.67. The summed E-state index contributed by atoms with van der Waals surface area (Å²) in [6, 6.07) is 7.73. The van der Waals surface area contributed by atoms with Gasteiger partial charge in [0.15, 0.2) is 6.29 Å². The van der Waals surface area contributed by atoms with Crippen LogP contribution in [-0.2, 0) is 19.9 Å². The van der Waals surface area contributed by atoms with Crippen LogP contribution in [0.3, 0.4) is 0 Å². The minimum atomic E-state index is 0.636. The normalized spacial score (nSPS) is 10.5. The SMILES string of the molecule is Cn1cnc(CCc2ccccc2Cl)c1C=O. The molecule has 0 aliphatic carbocycles. The molecule has 88 valence electrons. The van der Waals surface area contributed by atoms with Crippen LogP contribution in [0.1, 0.15) is 21.7 Å². The highest BCUT2D eigenvalue weighted by Gasteiger charge is 2.08.